The molecule has 0 heteroatoms. The molecule has 0 unspecified atom stereocenters. The van der Waals surface area contributed by atoms with Gasteiger partial charge in [0, 0.05) is 5.41 Å². The van der Waals surface area contributed by atoms with Crippen molar-refractivity contribution >= 4 is 86.2 Å². The molecule has 0 nitrogen and oxygen atoms in total. The summed E-state index contributed by atoms with van der Waals surface area (Å²) >= 11 is 0. The first-order valence-corrected chi connectivity index (χ1v) is 22.2. The van der Waals surface area contributed by atoms with Gasteiger partial charge in [-0.05, 0) is 166 Å². The minimum atomic E-state index is -0.125. The normalized spacial score (nSPS) is 13.4. The third kappa shape index (κ3) is 4.76. The van der Waals surface area contributed by atoms with Crippen LogP contribution in [0.3, 0.4) is 0 Å². The van der Waals surface area contributed by atoms with Gasteiger partial charge in [0.2, 0.25) is 0 Å². The maximum absolute atomic E-state index is 2.50. The molecule has 0 aromatic heterocycles. The molecule has 13 aromatic rings. The molecule has 13 aromatic carbocycles. The highest BCUT2D eigenvalue weighted by molar-refractivity contribution is 6.30. The van der Waals surface area contributed by atoms with E-state index in [1.165, 1.54) is 142 Å². The quantitative estimate of drug-likeness (QED) is 0.123. The summed E-state index contributed by atoms with van der Waals surface area (Å²) in [5.74, 6) is 0. The Labute approximate surface area is 365 Å². The lowest BCUT2D eigenvalue weighted by atomic mass is 9.81. The zero-order valence-electron chi connectivity index (χ0n) is 35.1. The van der Waals surface area contributed by atoms with E-state index in [1.54, 1.807) is 0 Å². The zero-order chi connectivity index (χ0) is 41.6. The van der Waals surface area contributed by atoms with E-state index < -0.39 is 0 Å². The lowest BCUT2D eigenvalue weighted by molar-refractivity contribution is 0.661. The maximum Gasteiger partial charge on any atom is 0.0159 e. The number of hydrogen-bond donors (Lipinski definition) is 0. The van der Waals surface area contributed by atoms with Crippen LogP contribution in [0.15, 0.2) is 206 Å². The number of rotatable bonds is 3. The molecule has 0 radical (unpaired) electrons. The minimum Gasteiger partial charge on any atom is -0.0616 e. The lowest BCUT2D eigenvalue weighted by Gasteiger charge is -2.22. The fourth-order valence-electron chi connectivity index (χ4n) is 11.9. The van der Waals surface area contributed by atoms with Gasteiger partial charge in [-0.25, -0.2) is 0 Å². The predicted molar refractivity (Wildman–Crippen MR) is 272 cm³/mol. The minimum absolute atomic E-state index is 0.125. The van der Waals surface area contributed by atoms with E-state index in [0.717, 1.165) is 0 Å². The SMILES string of the molecule is CC1(C)c2ccc(-c3cccc(-c4c5ccccc5c(-c5ccc6ccc7cccc8ccc5c6c78)c5ccccc45)c3)cc2-c2cc3c4ccccc4c4ccccc4c3cc21. The smallest absolute Gasteiger partial charge is 0.0159 e. The number of fused-ring (bicyclic) bond motifs is 11. The molecule has 1 aliphatic rings. The largest absolute Gasteiger partial charge is 0.0616 e. The van der Waals surface area contributed by atoms with Gasteiger partial charge in [-0.15, -0.1) is 0 Å². The lowest BCUT2D eigenvalue weighted by Crippen LogP contribution is -2.14. The van der Waals surface area contributed by atoms with Crippen LogP contribution in [0, 0.1) is 0 Å². The second-order valence-electron chi connectivity index (χ2n) is 18.3. The molecule has 0 spiro atoms. The van der Waals surface area contributed by atoms with E-state index in [4.69, 9.17) is 0 Å². The van der Waals surface area contributed by atoms with Crippen molar-refractivity contribution in [2.45, 2.75) is 19.3 Å². The average molecular weight is 797 g/mol. The van der Waals surface area contributed by atoms with Crippen LogP contribution in [0.1, 0.15) is 25.0 Å². The average Bonchev–Trinajstić information content (AvgIpc) is 3.56. The van der Waals surface area contributed by atoms with Gasteiger partial charge in [0.05, 0.1) is 0 Å². The molecule has 0 aliphatic heterocycles. The van der Waals surface area contributed by atoms with Gasteiger partial charge >= 0.3 is 0 Å². The first kappa shape index (κ1) is 34.9. The molecule has 0 fully saturated rings. The summed E-state index contributed by atoms with van der Waals surface area (Å²) in [5, 5.41) is 20.9. The van der Waals surface area contributed by atoms with E-state index in [-0.39, 0.29) is 5.41 Å². The van der Waals surface area contributed by atoms with E-state index in [9.17, 15) is 0 Å². The molecule has 14 rings (SSSR count). The van der Waals surface area contributed by atoms with Gasteiger partial charge in [-0.2, -0.15) is 0 Å². The Morgan fingerprint density at radius 1 is 0.254 bits per heavy atom. The van der Waals surface area contributed by atoms with Crippen LogP contribution < -0.4 is 0 Å². The number of benzene rings is 13. The molecule has 0 heterocycles. The third-order valence-corrected chi connectivity index (χ3v) is 14.8. The van der Waals surface area contributed by atoms with Gasteiger partial charge in [0.15, 0.2) is 0 Å². The first-order chi connectivity index (χ1) is 31.0. The van der Waals surface area contributed by atoms with Gasteiger partial charge in [-0.1, -0.05) is 196 Å². The van der Waals surface area contributed by atoms with E-state index in [0.29, 0.717) is 0 Å². The second kappa shape index (κ2) is 12.6. The highest BCUT2D eigenvalue weighted by Gasteiger charge is 2.36. The Bertz CT molecular complexity index is 4030. The molecule has 0 bridgehead atoms. The highest BCUT2D eigenvalue weighted by atomic mass is 14.4. The molecular weight excluding hydrogens is 757 g/mol. The van der Waals surface area contributed by atoms with Crippen molar-refractivity contribution in [1.29, 1.82) is 0 Å². The van der Waals surface area contributed by atoms with Crippen molar-refractivity contribution in [2.24, 2.45) is 0 Å². The Morgan fingerprint density at radius 3 is 1.38 bits per heavy atom. The van der Waals surface area contributed by atoms with Crippen molar-refractivity contribution in [2.75, 3.05) is 0 Å². The maximum atomic E-state index is 2.50. The Hall–Kier alpha value is -7.80. The molecule has 1 aliphatic carbocycles. The summed E-state index contributed by atoms with van der Waals surface area (Å²) < 4.78 is 0. The van der Waals surface area contributed by atoms with Crippen LogP contribution in [0.2, 0.25) is 0 Å². The van der Waals surface area contributed by atoms with Crippen LogP contribution >= 0.6 is 0 Å². The van der Waals surface area contributed by atoms with Crippen LogP contribution in [0.25, 0.3) is 131 Å². The van der Waals surface area contributed by atoms with E-state index >= 15 is 0 Å². The van der Waals surface area contributed by atoms with Crippen molar-refractivity contribution in [3.05, 3.63) is 217 Å². The summed E-state index contributed by atoms with van der Waals surface area (Å²) in [7, 11) is 0. The van der Waals surface area contributed by atoms with Crippen molar-refractivity contribution in [1.82, 2.24) is 0 Å². The third-order valence-electron chi connectivity index (χ3n) is 14.8. The fraction of sp³-hybridized carbons (Fsp3) is 0.0476. The van der Waals surface area contributed by atoms with Crippen molar-refractivity contribution in [3.8, 4) is 44.5 Å². The number of hydrogen-bond acceptors (Lipinski definition) is 0. The molecule has 0 atom stereocenters. The van der Waals surface area contributed by atoms with Crippen LogP contribution in [0.5, 0.6) is 0 Å². The van der Waals surface area contributed by atoms with Crippen molar-refractivity contribution in [3.63, 3.8) is 0 Å². The van der Waals surface area contributed by atoms with E-state index in [1.807, 2.05) is 0 Å². The van der Waals surface area contributed by atoms with Crippen LogP contribution in [-0.2, 0) is 5.41 Å². The molecule has 0 saturated carbocycles. The Morgan fingerprint density at radius 2 is 0.730 bits per heavy atom. The molecule has 0 N–H and O–H groups in total. The first-order valence-electron chi connectivity index (χ1n) is 22.2. The Kier molecular flexibility index (Phi) is 6.99. The molecule has 63 heavy (non-hydrogen) atoms. The molecule has 0 amide bonds. The summed E-state index contributed by atoms with van der Waals surface area (Å²) in [6.45, 7) is 4.80. The van der Waals surface area contributed by atoms with Gasteiger partial charge in [-0.3, -0.25) is 0 Å². The summed E-state index contributed by atoms with van der Waals surface area (Å²) in [6.07, 6.45) is 0. The van der Waals surface area contributed by atoms with Gasteiger partial charge in [0.25, 0.3) is 0 Å². The summed E-state index contributed by atoms with van der Waals surface area (Å²) in [5.41, 5.74) is 12.9. The molecular formula is C63H40. The fourth-order valence-corrected chi connectivity index (χ4v) is 11.9. The van der Waals surface area contributed by atoms with Crippen LogP contribution in [0.4, 0.5) is 0 Å². The second-order valence-corrected chi connectivity index (χ2v) is 18.3. The van der Waals surface area contributed by atoms with E-state index in [2.05, 4.69) is 220 Å². The summed E-state index contributed by atoms with van der Waals surface area (Å²) in [4.78, 5) is 0. The Balaban J connectivity index is 0.960. The molecule has 292 valence electrons. The van der Waals surface area contributed by atoms with Gasteiger partial charge < -0.3 is 0 Å². The molecule has 0 saturated heterocycles. The standard InChI is InChI=1S/C63H40/c1-63(2)57-32-29-41(34-55(57)56-35-53-45-19-5-3-17-43(45)44-18-4-6-20-46(44)54(53)36-58(56)63)40-15-12-16-42(33-40)60-47-21-7-9-23-49(47)62(50-24-10-8-22-48(50)60)52-31-28-39-26-25-37-13-11-14-38-27-30-51(52)61(39)59(37)38/h3-36H,1-2H3. The van der Waals surface area contributed by atoms with Crippen LogP contribution in [-0.4, -0.2) is 0 Å². The predicted octanol–water partition coefficient (Wildman–Crippen LogP) is 17.7. The zero-order valence-corrected chi connectivity index (χ0v) is 35.1. The summed E-state index contributed by atoms with van der Waals surface area (Å²) in [6, 6.07) is 78.0. The topological polar surface area (TPSA) is 0 Å². The monoisotopic (exact) mass is 796 g/mol. The van der Waals surface area contributed by atoms with Gasteiger partial charge in [0.1, 0.15) is 0 Å². The van der Waals surface area contributed by atoms with Crippen molar-refractivity contribution < 1.29 is 0 Å². The highest BCUT2D eigenvalue weighted by Crippen LogP contribution is 2.53.